The van der Waals surface area contributed by atoms with E-state index in [1.807, 2.05) is 36.6 Å². The Labute approximate surface area is 83.9 Å². The highest BCUT2D eigenvalue weighted by molar-refractivity contribution is 5.72. The summed E-state index contributed by atoms with van der Waals surface area (Å²) >= 11 is 0. The Morgan fingerprint density at radius 3 is 2.07 bits per heavy atom. The second-order valence-electron chi connectivity index (χ2n) is 2.66. The summed E-state index contributed by atoms with van der Waals surface area (Å²) in [5.41, 5.74) is 4.45. The lowest BCUT2D eigenvalue weighted by atomic mass is 10.3. The number of rotatable bonds is 0. The van der Waals surface area contributed by atoms with E-state index < -0.39 is 0 Å². The number of hydrazone groups is 1. The molecule has 0 aromatic rings. The Balaban J connectivity index is 0.000000140. The summed E-state index contributed by atoms with van der Waals surface area (Å²) in [5, 5.41) is 6.62. The molecular formula is C11H13N3. The number of hydrogen-bond acceptors (Lipinski definition) is 3. The third-order valence-electron chi connectivity index (χ3n) is 1.44. The molecule has 3 heteroatoms. The minimum Gasteiger partial charge on any atom is -0.362 e. The average molecular weight is 187 g/mol. The molecule has 2 aliphatic rings. The SMILES string of the molecule is C=C1C=CC=CN1.C=C1C=CC=NN1. The highest BCUT2D eigenvalue weighted by Gasteiger charge is 1.83. The molecule has 0 aromatic carbocycles. The quantitative estimate of drug-likeness (QED) is 0.607. The van der Waals surface area contributed by atoms with Crippen LogP contribution in [0.3, 0.4) is 0 Å². The molecule has 0 aliphatic carbocycles. The number of allylic oxidation sites excluding steroid dienone is 5. The normalized spacial score (nSPS) is 16.9. The van der Waals surface area contributed by atoms with Crippen LogP contribution in [0.25, 0.3) is 0 Å². The van der Waals surface area contributed by atoms with Crippen LogP contribution in [0, 0.1) is 0 Å². The third-order valence-corrected chi connectivity index (χ3v) is 1.44. The van der Waals surface area contributed by atoms with Crippen molar-refractivity contribution in [3.63, 3.8) is 0 Å². The minimum atomic E-state index is 0.836. The Bertz CT molecular complexity index is 298. The van der Waals surface area contributed by atoms with E-state index in [-0.39, 0.29) is 0 Å². The summed E-state index contributed by atoms with van der Waals surface area (Å²) < 4.78 is 0. The van der Waals surface area contributed by atoms with Gasteiger partial charge in [0.1, 0.15) is 0 Å². The number of dihydropyridines is 1. The Hall–Kier alpha value is -2.03. The van der Waals surface area contributed by atoms with E-state index in [0.717, 1.165) is 11.4 Å². The molecule has 0 saturated heterocycles. The molecule has 3 nitrogen and oxygen atoms in total. The van der Waals surface area contributed by atoms with Gasteiger partial charge in [0.05, 0.1) is 0 Å². The first-order valence-electron chi connectivity index (χ1n) is 4.22. The predicted octanol–water partition coefficient (Wildman–Crippen LogP) is 1.82. The van der Waals surface area contributed by atoms with Crippen molar-refractivity contribution >= 4 is 6.21 Å². The maximum Gasteiger partial charge on any atom is 0.0490 e. The first-order valence-corrected chi connectivity index (χ1v) is 4.22. The second kappa shape index (κ2) is 5.59. The fourth-order valence-corrected chi connectivity index (χ4v) is 0.790. The summed E-state index contributed by atoms with van der Waals surface area (Å²) in [4.78, 5) is 0. The zero-order valence-electron chi connectivity index (χ0n) is 7.90. The van der Waals surface area contributed by atoms with Gasteiger partial charge in [-0.25, -0.2) is 0 Å². The second-order valence-corrected chi connectivity index (χ2v) is 2.66. The van der Waals surface area contributed by atoms with Crippen LogP contribution in [-0.4, -0.2) is 6.21 Å². The monoisotopic (exact) mass is 187 g/mol. The molecule has 0 unspecified atom stereocenters. The van der Waals surface area contributed by atoms with Crippen LogP contribution in [-0.2, 0) is 0 Å². The zero-order chi connectivity index (χ0) is 10.2. The van der Waals surface area contributed by atoms with E-state index in [2.05, 4.69) is 29.0 Å². The number of nitrogens with zero attached hydrogens (tertiary/aromatic N) is 1. The van der Waals surface area contributed by atoms with Crippen molar-refractivity contribution in [1.82, 2.24) is 10.7 Å². The first-order chi connectivity index (χ1) is 6.79. The van der Waals surface area contributed by atoms with E-state index in [4.69, 9.17) is 0 Å². The van der Waals surface area contributed by atoms with Gasteiger partial charge in [-0.1, -0.05) is 19.2 Å². The standard InChI is InChI=1S/C6H7N.C5H6N2/c1-6-4-2-3-5-7-6;1-5-3-2-4-6-7-5/h2-5,7H,1H2;2-4,7H,1H2. The molecule has 0 spiro atoms. The lowest BCUT2D eigenvalue weighted by Crippen LogP contribution is -2.03. The molecule has 0 radical (unpaired) electrons. The molecule has 0 fully saturated rings. The summed E-state index contributed by atoms with van der Waals surface area (Å²) in [6.07, 6.45) is 13.0. The van der Waals surface area contributed by atoms with Crippen molar-refractivity contribution in [2.45, 2.75) is 0 Å². The highest BCUT2D eigenvalue weighted by Crippen LogP contribution is 1.92. The van der Waals surface area contributed by atoms with Gasteiger partial charge in [-0.05, 0) is 24.3 Å². The van der Waals surface area contributed by atoms with Gasteiger partial charge >= 0.3 is 0 Å². The van der Waals surface area contributed by atoms with Crippen LogP contribution in [0.5, 0.6) is 0 Å². The van der Waals surface area contributed by atoms with Gasteiger partial charge < -0.3 is 5.32 Å². The largest absolute Gasteiger partial charge is 0.362 e. The summed E-state index contributed by atoms with van der Waals surface area (Å²) in [7, 11) is 0. The molecule has 0 aromatic heterocycles. The summed E-state index contributed by atoms with van der Waals surface area (Å²) in [5.74, 6) is 0. The molecule has 72 valence electrons. The maximum absolute atomic E-state index is 3.70. The molecule has 0 saturated carbocycles. The maximum atomic E-state index is 3.70. The van der Waals surface area contributed by atoms with Crippen LogP contribution in [0.2, 0.25) is 0 Å². The van der Waals surface area contributed by atoms with E-state index in [1.165, 1.54) is 0 Å². The van der Waals surface area contributed by atoms with Crippen LogP contribution < -0.4 is 10.7 Å². The van der Waals surface area contributed by atoms with Gasteiger partial charge in [0.2, 0.25) is 0 Å². The third kappa shape index (κ3) is 4.11. The van der Waals surface area contributed by atoms with Crippen LogP contribution in [0.4, 0.5) is 0 Å². The van der Waals surface area contributed by atoms with Gasteiger partial charge in [-0.2, -0.15) is 5.10 Å². The molecule has 0 amide bonds. The molecule has 2 heterocycles. The number of hydrogen-bond donors (Lipinski definition) is 2. The molecule has 0 bridgehead atoms. The molecular weight excluding hydrogens is 174 g/mol. The smallest absolute Gasteiger partial charge is 0.0490 e. The highest BCUT2D eigenvalue weighted by atomic mass is 15.3. The topological polar surface area (TPSA) is 36.4 Å². The molecule has 2 aliphatic heterocycles. The van der Waals surface area contributed by atoms with E-state index in [0.29, 0.717) is 0 Å². The van der Waals surface area contributed by atoms with Gasteiger partial charge in [-0.15, -0.1) is 0 Å². The van der Waals surface area contributed by atoms with Crippen molar-refractivity contribution in [1.29, 1.82) is 0 Å². The summed E-state index contributed by atoms with van der Waals surface area (Å²) in [6, 6.07) is 0. The predicted molar refractivity (Wildman–Crippen MR) is 60.5 cm³/mol. The number of nitrogens with one attached hydrogen (secondary N) is 2. The fourth-order valence-electron chi connectivity index (χ4n) is 0.790. The van der Waals surface area contributed by atoms with Gasteiger partial charge in [0.25, 0.3) is 0 Å². The Morgan fingerprint density at radius 1 is 1.00 bits per heavy atom. The van der Waals surface area contributed by atoms with Crippen molar-refractivity contribution in [2.24, 2.45) is 5.10 Å². The lowest BCUT2D eigenvalue weighted by molar-refractivity contribution is 0.922. The van der Waals surface area contributed by atoms with Gasteiger partial charge in [-0.3, -0.25) is 5.43 Å². The Morgan fingerprint density at radius 2 is 1.79 bits per heavy atom. The van der Waals surface area contributed by atoms with Crippen LogP contribution >= 0.6 is 0 Å². The van der Waals surface area contributed by atoms with Crippen molar-refractivity contribution in [3.8, 4) is 0 Å². The van der Waals surface area contributed by atoms with E-state index in [1.54, 1.807) is 6.21 Å². The summed E-state index contributed by atoms with van der Waals surface area (Å²) in [6.45, 7) is 7.27. The van der Waals surface area contributed by atoms with E-state index >= 15 is 0 Å². The Kier molecular flexibility index (Phi) is 4.01. The first kappa shape index (κ1) is 10.1. The average Bonchev–Trinajstić information content (AvgIpc) is 2.21. The molecule has 2 rings (SSSR count). The van der Waals surface area contributed by atoms with Crippen molar-refractivity contribution in [2.75, 3.05) is 0 Å². The van der Waals surface area contributed by atoms with Crippen molar-refractivity contribution < 1.29 is 0 Å². The molecule has 14 heavy (non-hydrogen) atoms. The van der Waals surface area contributed by atoms with E-state index in [9.17, 15) is 0 Å². The minimum absolute atomic E-state index is 0.836. The molecule has 2 N–H and O–H groups in total. The lowest BCUT2D eigenvalue weighted by Gasteiger charge is -1.99. The van der Waals surface area contributed by atoms with Crippen LogP contribution in [0.15, 0.2) is 66.2 Å². The van der Waals surface area contributed by atoms with Gasteiger partial charge in [0.15, 0.2) is 0 Å². The van der Waals surface area contributed by atoms with Crippen LogP contribution in [0.1, 0.15) is 0 Å². The molecule has 0 atom stereocenters. The zero-order valence-corrected chi connectivity index (χ0v) is 7.90. The fraction of sp³-hybridized carbons (Fsp3) is 0. The van der Waals surface area contributed by atoms with Gasteiger partial charge in [0, 0.05) is 23.8 Å². The van der Waals surface area contributed by atoms with Crippen molar-refractivity contribution in [3.05, 3.63) is 61.1 Å².